The van der Waals surface area contributed by atoms with Gasteiger partial charge >= 0.3 is 0 Å². The molecule has 4 rings (SSSR count). The summed E-state index contributed by atoms with van der Waals surface area (Å²) in [6.45, 7) is 1.92. The number of aromatic amines is 1. The maximum Gasteiger partial charge on any atom is 0.273 e. The molecule has 0 unspecified atom stereocenters. The van der Waals surface area contributed by atoms with Gasteiger partial charge in [-0.15, -0.1) is 0 Å². The molecule has 4 heteroatoms. The molecule has 112 valence electrons. The Balaban J connectivity index is 1.76. The number of carbonyl (C=O) groups is 1. The van der Waals surface area contributed by atoms with Crippen molar-refractivity contribution < 1.29 is 4.79 Å². The third-order valence-corrected chi connectivity index (χ3v) is 4.01. The van der Waals surface area contributed by atoms with Crippen molar-refractivity contribution in [3.05, 3.63) is 72.1 Å². The lowest BCUT2D eigenvalue weighted by atomic mass is 10.1. The first-order valence-electron chi connectivity index (χ1n) is 7.46. The summed E-state index contributed by atoms with van der Waals surface area (Å²) in [5, 5.41) is 6.19. The number of H-pyrrole nitrogens is 1. The summed E-state index contributed by atoms with van der Waals surface area (Å²) in [6.07, 6.45) is 1.67. The zero-order valence-electron chi connectivity index (χ0n) is 12.6. The lowest BCUT2D eigenvalue weighted by Gasteiger charge is -2.05. The predicted octanol–water partition coefficient (Wildman–Crippen LogP) is 4.28. The van der Waals surface area contributed by atoms with Crippen LogP contribution in [-0.4, -0.2) is 15.9 Å². The Morgan fingerprint density at radius 3 is 2.78 bits per heavy atom. The maximum atomic E-state index is 12.5. The Morgan fingerprint density at radius 2 is 1.91 bits per heavy atom. The molecule has 0 aliphatic heterocycles. The van der Waals surface area contributed by atoms with E-state index in [2.05, 4.69) is 33.5 Å². The summed E-state index contributed by atoms with van der Waals surface area (Å²) in [5.74, 6) is 0.396. The average molecular weight is 301 g/mol. The molecule has 23 heavy (non-hydrogen) atoms. The summed E-state index contributed by atoms with van der Waals surface area (Å²) in [5.41, 5.74) is 2.41. The minimum absolute atomic E-state index is 0.188. The number of fused-ring (bicyclic) bond motifs is 3. The molecule has 2 aromatic carbocycles. The number of benzene rings is 2. The molecule has 1 amide bonds. The number of anilines is 1. The number of nitrogens with zero attached hydrogens (tertiary/aromatic N) is 1. The van der Waals surface area contributed by atoms with Gasteiger partial charge in [-0.2, -0.15) is 0 Å². The maximum absolute atomic E-state index is 12.5. The third kappa shape index (κ3) is 2.34. The minimum atomic E-state index is -0.188. The fourth-order valence-electron chi connectivity index (χ4n) is 2.80. The highest BCUT2D eigenvalue weighted by Crippen LogP contribution is 2.26. The molecular formula is C19H15N3O. The second-order valence-corrected chi connectivity index (χ2v) is 5.55. The highest BCUT2D eigenvalue weighted by molar-refractivity contribution is 6.12. The molecule has 0 saturated heterocycles. The van der Waals surface area contributed by atoms with E-state index in [9.17, 15) is 4.79 Å². The number of hydrogen-bond donors (Lipinski definition) is 2. The fourth-order valence-corrected chi connectivity index (χ4v) is 2.80. The summed E-state index contributed by atoms with van der Waals surface area (Å²) >= 11 is 0. The van der Waals surface area contributed by atoms with Crippen LogP contribution in [-0.2, 0) is 0 Å². The average Bonchev–Trinajstić information content (AvgIpc) is 3.02. The number of amides is 1. The van der Waals surface area contributed by atoms with E-state index in [0.717, 1.165) is 27.2 Å². The molecule has 0 aliphatic rings. The Bertz CT molecular complexity index is 1030. The molecule has 2 heterocycles. The van der Waals surface area contributed by atoms with Gasteiger partial charge in [0, 0.05) is 17.1 Å². The van der Waals surface area contributed by atoms with Crippen molar-refractivity contribution in [3.63, 3.8) is 0 Å². The molecule has 2 aromatic heterocycles. The van der Waals surface area contributed by atoms with Crippen molar-refractivity contribution in [3.8, 4) is 0 Å². The number of carbonyl (C=O) groups excluding carboxylic acids is 1. The molecule has 4 aromatic rings. The van der Waals surface area contributed by atoms with Crippen molar-refractivity contribution in [1.82, 2.24) is 9.97 Å². The van der Waals surface area contributed by atoms with Gasteiger partial charge in [-0.1, -0.05) is 36.4 Å². The van der Waals surface area contributed by atoms with Gasteiger partial charge in [0.2, 0.25) is 0 Å². The van der Waals surface area contributed by atoms with E-state index in [1.54, 1.807) is 6.20 Å². The molecule has 0 fully saturated rings. The van der Waals surface area contributed by atoms with Gasteiger partial charge in [-0.3, -0.25) is 4.79 Å². The van der Waals surface area contributed by atoms with Crippen LogP contribution < -0.4 is 5.32 Å². The molecule has 2 N–H and O–H groups in total. The summed E-state index contributed by atoms with van der Waals surface area (Å²) in [6, 6.07) is 17.9. The zero-order chi connectivity index (χ0) is 15.8. The smallest absolute Gasteiger partial charge is 0.273 e. The van der Waals surface area contributed by atoms with Crippen molar-refractivity contribution in [2.24, 2.45) is 0 Å². The van der Waals surface area contributed by atoms with Crippen LogP contribution in [0.3, 0.4) is 0 Å². The number of nitrogens with one attached hydrogen (secondary N) is 2. The Labute approximate surface area is 133 Å². The van der Waals surface area contributed by atoms with E-state index in [1.165, 1.54) is 0 Å². The van der Waals surface area contributed by atoms with Gasteiger partial charge in [0.1, 0.15) is 11.5 Å². The van der Waals surface area contributed by atoms with Gasteiger partial charge in [-0.25, -0.2) is 4.98 Å². The van der Waals surface area contributed by atoms with E-state index < -0.39 is 0 Å². The van der Waals surface area contributed by atoms with E-state index in [1.807, 2.05) is 43.3 Å². The van der Waals surface area contributed by atoms with Crippen LogP contribution in [0.1, 0.15) is 16.1 Å². The molecule has 0 spiro atoms. The van der Waals surface area contributed by atoms with Crippen LogP contribution in [0.5, 0.6) is 0 Å². The fraction of sp³-hybridized carbons (Fsp3) is 0.0526. The standard InChI is InChI=1S/C19H15N3O/c1-12-5-4-10-20-18(12)22-19(23)17-11-15-14-7-3-2-6-13(14)8-9-16(15)21-17/h2-11,21H,1H3,(H,20,22,23). The first-order chi connectivity index (χ1) is 11.2. The van der Waals surface area contributed by atoms with Gasteiger partial charge in [0.25, 0.3) is 5.91 Å². The predicted molar refractivity (Wildman–Crippen MR) is 92.7 cm³/mol. The van der Waals surface area contributed by atoms with Crippen molar-refractivity contribution in [2.45, 2.75) is 6.92 Å². The second kappa shape index (κ2) is 5.25. The Kier molecular flexibility index (Phi) is 3.08. The topological polar surface area (TPSA) is 57.8 Å². The van der Waals surface area contributed by atoms with Crippen LogP contribution >= 0.6 is 0 Å². The van der Waals surface area contributed by atoms with Gasteiger partial charge in [-0.05, 0) is 41.5 Å². The van der Waals surface area contributed by atoms with E-state index in [4.69, 9.17) is 0 Å². The minimum Gasteiger partial charge on any atom is -0.350 e. The number of rotatable bonds is 2. The van der Waals surface area contributed by atoms with Crippen LogP contribution in [0.15, 0.2) is 60.8 Å². The number of aryl methyl sites for hydroxylation is 1. The molecule has 0 radical (unpaired) electrons. The molecule has 0 bridgehead atoms. The number of hydrogen-bond acceptors (Lipinski definition) is 2. The molecule has 0 atom stereocenters. The summed E-state index contributed by atoms with van der Waals surface area (Å²) in [7, 11) is 0. The highest BCUT2D eigenvalue weighted by Gasteiger charge is 2.12. The van der Waals surface area contributed by atoms with Crippen molar-refractivity contribution >= 4 is 33.4 Å². The first kappa shape index (κ1) is 13.5. The molecule has 0 saturated carbocycles. The monoisotopic (exact) mass is 301 g/mol. The van der Waals surface area contributed by atoms with Gasteiger partial charge < -0.3 is 10.3 Å². The van der Waals surface area contributed by atoms with Crippen LogP contribution in [0.25, 0.3) is 21.7 Å². The van der Waals surface area contributed by atoms with Crippen LogP contribution in [0.4, 0.5) is 5.82 Å². The molecule has 0 aliphatic carbocycles. The number of pyridine rings is 1. The normalized spacial score (nSPS) is 11.0. The van der Waals surface area contributed by atoms with E-state index in [0.29, 0.717) is 11.5 Å². The van der Waals surface area contributed by atoms with Gasteiger partial charge in [0.05, 0.1) is 0 Å². The Hall–Kier alpha value is -3.14. The van der Waals surface area contributed by atoms with Gasteiger partial charge in [0.15, 0.2) is 0 Å². The summed E-state index contributed by atoms with van der Waals surface area (Å²) < 4.78 is 0. The zero-order valence-corrected chi connectivity index (χ0v) is 12.6. The van der Waals surface area contributed by atoms with Crippen molar-refractivity contribution in [1.29, 1.82) is 0 Å². The van der Waals surface area contributed by atoms with E-state index in [-0.39, 0.29) is 5.91 Å². The third-order valence-electron chi connectivity index (χ3n) is 4.01. The SMILES string of the molecule is Cc1cccnc1NC(=O)c1cc2c(ccc3ccccc32)[nH]1. The molecule has 4 nitrogen and oxygen atoms in total. The largest absolute Gasteiger partial charge is 0.350 e. The number of aromatic nitrogens is 2. The Morgan fingerprint density at radius 1 is 1.04 bits per heavy atom. The van der Waals surface area contributed by atoms with Crippen LogP contribution in [0.2, 0.25) is 0 Å². The summed E-state index contributed by atoms with van der Waals surface area (Å²) in [4.78, 5) is 19.9. The molecular weight excluding hydrogens is 286 g/mol. The van der Waals surface area contributed by atoms with E-state index >= 15 is 0 Å². The van der Waals surface area contributed by atoms with Crippen LogP contribution in [0, 0.1) is 6.92 Å². The highest BCUT2D eigenvalue weighted by atomic mass is 16.1. The van der Waals surface area contributed by atoms with Crippen molar-refractivity contribution in [2.75, 3.05) is 5.32 Å². The quantitative estimate of drug-likeness (QED) is 0.580. The lowest BCUT2D eigenvalue weighted by Crippen LogP contribution is -2.14. The second-order valence-electron chi connectivity index (χ2n) is 5.55. The first-order valence-corrected chi connectivity index (χ1v) is 7.46. The lowest BCUT2D eigenvalue weighted by molar-refractivity contribution is 0.102.